The van der Waals surface area contributed by atoms with E-state index in [9.17, 15) is 40.6 Å². The first kappa shape index (κ1) is 17.6. The zero-order valence-electron chi connectivity index (χ0n) is 11.1. The highest BCUT2D eigenvalue weighted by Crippen LogP contribution is 2.38. The Balaban J connectivity index is 2.61. The van der Waals surface area contributed by atoms with Crippen LogP contribution in [0, 0.1) is 29.1 Å². The van der Waals surface area contributed by atoms with E-state index in [2.05, 4.69) is 0 Å². The highest BCUT2D eigenvalue weighted by molar-refractivity contribution is 7.92. The molecular formula is C12H6F5NO5S. The van der Waals surface area contributed by atoms with Crippen molar-refractivity contribution in [2.45, 2.75) is 4.90 Å². The molecule has 2 aromatic rings. The smallest absolute Gasteiger partial charge is 0.267 e. The molecule has 0 aromatic heterocycles. The van der Waals surface area contributed by atoms with Crippen molar-refractivity contribution >= 4 is 15.7 Å². The fraction of sp³-hybridized carbons (Fsp3) is 0. The number of phenols is 3. The predicted molar refractivity (Wildman–Crippen MR) is 68.5 cm³/mol. The van der Waals surface area contributed by atoms with Crippen LogP contribution in [0.5, 0.6) is 17.2 Å². The Kier molecular flexibility index (Phi) is 4.18. The molecule has 0 atom stereocenters. The summed E-state index contributed by atoms with van der Waals surface area (Å²) in [5, 5.41) is 27.5. The van der Waals surface area contributed by atoms with E-state index in [1.165, 1.54) is 4.72 Å². The molecule has 2 aromatic carbocycles. The lowest BCUT2D eigenvalue weighted by Gasteiger charge is -2.12. The van der Waals surface area contributed by atoms with Crippen molar-refractivity contribution in [3.63, 3.8) is 0 Å². The standard InChI is InChI=1S/C12H6F5NO5S/c13-6-7(14)9(16)12(10(17)8(6)15)24(22,23)18-3-1-4(19)11(21)5(20)2-3/h1-2,18-21H. The second kappa shape index (κ2) is 5.70. The second-order valence-electron chi connectivity index (χ2n) is 4.37. The maximum atomic E-state index is 13.5. The molecule has 0 aliphatic rings. The van der Waals surface area contributed by atoms with Crippen LogP contribution in [0.4, 0.5) is 27.6 Å². The Morgan fingerprint density at radius 3 is 1.54 bits per heavy atom. The number of halogens is 5. The Morgan fingerprint density at radius 1 is 0.750 bits per heavy atom. The highest BCUT2D eigenvalue weighted by Gasteiger charge is 2.33. The zero-order chi connectivity index (χ0) is 18.4. The molecule has 0 aliphatic carbocycles. The van der Waals surface area contributed by atoms with Gasteiger partial charge in [-0.2, -0.15) is 0 Å². The molecule has 0 saturated heterocycles. The minimum atomic E-state index is -5.33. The molecule has 0 saturated carbocycles. The second-order valence-corrected chi connectivity index (χ2v) is 5.99. The molecular weight excluding hydrogens is 365 g/mol. The molecule has 130 valence electrons. The molecule has 0 spiro atoms. The average molecular weight is 371 g/mol. The molecule has 2 rings (SSSR count). The number of hydrogen-bond acceptors (Lipinski definition) is 5. The van der Waals surface area contributed by atoms with Crippen LogP contribution < -0.4 is 4.72 Å². The van der Waals surface area contributed by atoms with Crippen molar-refractivity contribution < 1.29 is 45.7 Å². The minimum Gasteiger partial charge on any atom is -0.504 e. The van der Waals surface area contributed by atoms with E-state index in [1.54, 1.807) is 0 Å². The van der Waals surface area contributed by atoms with Gasteiger partial charge in [-0.05, 0) is 0 Å². The van der Waals surface area contributed by atoms with E-state index in [1.807, 2.05) is 0 Å². The minimum absolute atomic E-state index is 0.526. The Hall–Kier alpha value is -2.76. The average Bonchev–Trinajstić information content (AvgIpc) is 2.48. The van der Waals surface area contributed by atoms with Gasteiger partial charge >= 0.3 is 0 Å². The van der Waals surface area contributed by atoms with Gasteiger partial charge in [0.2, 0.25) is 5.82 Å². The summed E-state index contributed by atoms with van der Waals surface area (Å²) in [6.07, 6.45) is 0. The summed E-state index contributed by atoms with van der Waals surface area (Å²) in [5.74, 6) is -15.7. The Bertz CT molecular complexity index is 895. The molecule has 12 heteroatoms. The monoisotopic (exact) mass is 371 g/mol. The van der Waals surface area contributed by atoms with E-state index >= 15 is 0 Å². The van der Waals surface area contributed by atoms with E-state index in [0.717, 1.165) is 0 Å². The number of rotatable bonds is 3. The summed E-state index contributed by atoms with van der Waals surface area (Å²) in [6, 6.07) is 1.05. The molecule has 24 heavy (non-hydrogen) atoms. The Morgan fingerprint density at radius 2 is 1.12 bits per heavy atom. The van der Waals surface area contributed by atoms with Gasteiger partial charge in [0.05, 0.1) is 5.69 Å². The number of aromatic hydroxyl groups is 3. The first-order valence-electron chi connectivity index (χ1n) is 5.76. The number of benzene rings is 2. The van der Waals surface area contributed by atoms with Crippen LogP contribution in [0.15, 0.2) is 17.0 Å². The number of anilines is 1. The van der Waals surface area contributed by atoms with Crippen molar-refractivity contribution in [1.29, 1.82) is 0 Å². The number of phenolic OH excluding ortho intramolecular Hbond substituents is 3. The third-order valence-electron chi connectivity index (χ3n) is 2.76. The topological polar surface area (TPSA) is 107 Å². The summed E-state index contributed by atoms with van der Waals surface area (Å²) in [7, 11) is -5.33. The van der Waals surface area contributed by atoms with Crippen molar-refractivity contribution in [3.8, 4) is 17.2 Å². The first-order chi connectivity index (χ1) is 11.0. The van der Waals surface area contributed by atoms with Gasteiger partial charge in [0, 0.05) is 12.1 Å². The molecule has 0 amide bonds. The van der Waals surface area contributed by atoms with Gasteiger partial charge in [-0.1, -0.05) is 0 Å². The third-order valence-corrected chi connectivity index (χ3v) is 4.16. The highest BCUT2D eigenvalue weighted by atomic mass is 32.2. The maximum absolute atomic E-state index is 13.5. The van der Waals surface area contributed by atoms with Crippen molar-refractivity contribution in [2.75, 3.05) is 4.72 Å². The fourth-order valence-corrected chi connectivity index (χ4v) is 2.87. The maximum Gasteiger partial charge on any atom is 0.267 e. The lowest BCUT2D eigenvalue weighted by Crippen LogP contribution is -2.19. The van der Waals surface area contributed by atoms with Gasteiger partial charge in [0.15, 0.2) is 45.4 Å². The summed E-state index contributed by atoms with van der Waals surface area (Å²) in [5.41, 5.74) is -0.716. The van der Waals surface area contributed by atoms with Crippen LogP contribution in [0.25, 0.3) is 0 Å². The molecule has 6 nitrogen and oxygen atoms in total. The quantitative estimate of drug-likeness (QED) is 0.218. The molecule has 0 fully saturated rings. The van der Waals surface area contributed by atoms with Crippen molar-refractivity contribution in [2.24, 2.45) is 0 Å². The molecule has 0 aliphatic heterocycles. The molecule has 0 unspecified atom stereocenters. The first-order valence-corrected chi connectivity index (χ1v) is 7.25. The van der Waals surface area contributed by atoms with Crippen LogP contribution in [0.3, 0.4) is 0 Å². The Labute approximate surface area is 130 Å². The van der Waals surface area contributed by atoms with Gasteiger partial charge in [0.25, 0.3) is 10.0 Å². The number of sulfonamides is 1. The summed E-state index contributed by atoms with van der Waals surface area (Å²) >= 11 is 0. The molecule has 0 heterocycles. The summed E-state index contributed by atoms with van der Waals surface area (Å²) in [4.78, 5) is -2.15. The molecule has 4 N–H and O–H groups in total. The predicted octanol–water partition coefficient (Wildman–Crippen LogP) is 2.30. The van der Waals surface area contributed by atoms with E-state index in [-0.39, 0.29) is 0 Å². The van der Waals surface area contributed by atoms with Gasteiger partial charge in [-0.3, -0.25) is 4.72 Å². The zero-order valence-corrected chi connectivity index (χ0v) is 11.9. The molecule has 0 radical (unpaired) electrons. The van der Waals surface area contributed by atoms with Gasteiger partial charge in [0.1, 0.15) is 0 Å². The number of nitrogens with one attached hydrogen (secondary N) is 1. The van der Waals surface area contributed by atoms with Crippen molar-refractivity contribution in [3.05, 3.63) is 41.2 Å². The lowest BCUT2D eigenvalue weighted by molar-refractivity contribution is 0.358. The van der Waals surface area contributed by atoms with Crippen LogP contribution in [-0.2, 0) is 10.0 Å². The van der Waals surface area contributed by atoms with Crippen LogP contribution >= 0.6 is 0 Å². The fourth-order valence-electron chi connectivity index (χ4n) is 1.69. The normalized spacial score (nSPS) is 11.5. The van der Waals surface area contributed by atoms with Crippen LogP contribution in [0.2, 0.25) is 0 Å². The molecule has 0 bridgehead atoms. The lowest BCUT2D eigenvalue weighted by atomic mass is 10.2. The van der Waals surface area contributed by atoms with Crippen molar-refractivity contribution in [1.82, 2.24) is 0 Å². The summed E-state index contributed by atoms with van der Waals surface area (Å²) in [6.45, 7) is 0. The third kappa shape index (κ3) is 2.75. The van der Waals surface area contributed by atoms with Gasteiger partial charge in [-0.25, -0.2) is 30.4 Å². The number of hydrogen-bond donors (Lipinski definition) is 4. The van der Waals surface area contributed by atoms with Crippen LogP contribution in [-0.4, -0.2) is 23.7 Å². The van der Waals surface area contributed by atoms with Gasteiger partial charge in [-0.15, -0.1) is 0 Å². The summed E-state index contributed by atoms with van der Waals surface area (Å²) < 4.78 is 91.4. The van der Waals surface area contributed by atoms with E-state index in [0.29, 0.717) is 12.1 Å². The van der Waals surface area contributed by atoms with E-state index in [4.69, 9.17) is 5.11 Å². The van der Waals surface area contributed by atoms with Gasteiger partial charge < -0.3 is 15.3 Å². The SMILES string of the molecule is O=S(=O)(Nc1cc(O)c(O)c(O)c1)c1c(F)c(F)c(F)c(F)c1F. The van der Waals surface area contributed by atoms with E-state index < -0.39 is 66.9 Å². The largest absolute Gasteiger partial charge is 0.504 e. The van der Waals surface area contributed by atoms with Crippen LogP contribution in [0.1, 0.15) is 0 Å².